The summed E-state index contributed by atoms with van der Waals surface area (Å²) in [5.74, 6) is 0.114. The predicted octanol–water partition coefficient (Wildman–Crippen LogP) is 2.25. The number of hydrogen-bond donors (Lipinski definition) is 1. The fourth-order valence-electron chi connectivity index (χ4n) is 1.78. The van der Waals surface area contributed by atoms with Gasteiger partial charge in [0.1, 0.15) is 0 Å². The van der Waals surface area contributed by atoms with Gasteiger partial charge < -0.3 is 5.11 Å². The van der Waals surface area contributed by atoms with Crippen LogP contribution in [0.1, 0.15) is 32.8 Å². The molecule has 4 nitrogen and oxygen atoms in total. The first-order chi connectivity index (χ1) is 9.24. The maximum absolute atomic E-state index is 12.4. The van der Waals surface area contributed by atoms with Crippen LogP contribution in [0, 0.1) is 5.41 Å². The van der Waals surface area contributed by atoms with Crippen LogP contribution in [0.4, 0.5) is 0 Å². The fraction of sp³-hybridized carbons (Fsp3) is 0.600. The van der Waals surface area contributed by atoms with Crippen LogP contribution >= 0.6 is 0 Å². The molecule has 0 unspecified atom stereocenters. The van der Waals surface area contributed by atoms with E-state index in [0.29, 0.717) is 13.0 Å². The number of sulfonamides is 1. The van der Waals surface area contributed by atoms with E-state index in [1.165, 1.54) is 4.31 Å². The minimum atomic E-state index is -3.34. The molecule has 0 fully saturated rings. The highest BCUT2D eigenvalue weighted by atomic mass is 32.2. The number of aliphatic hydroxyl groups excluding tert-OH is 1. The van der Waals surface area contributed by atoms with Crippen molar-refractivity contribution in [3.8, 4) is 0 Å². The first-order valence-electron chi connectivity index (χ1n) is 6.87. The van der Waals surface area contributed by atoms with Gasteiger partial charge in [-0.25, -0.2) is 8.42 Å². The van der Waals surface area contributed by atoms with E-state index >= 15 is 0 Å². The van der Waals surface area contributed by atoms with E-state index in [-0.39, 0.29) is 24.3 Å². The zero-order chi connectivity index (χ0) is 15.2. The molecule has 0 aliphatic heterocycles. The number of benzene rings is 1. The molecule has 0 aromatic heterocycles. The van der Waals surface area contributed by atoms with Crippen molar-refractivity contribution in [3.05, 3.63) is 35.9 Å². The van der Waals surface area contributed by atoms with E-state index in [2.05, 4.69) is 0 Å². The first kappa shape index (κ1) is 17.1. The number of rotatable bonds is 7. The molecular formula is C15H25NO3S. The van der Waals surface area contributed by atoms with Crippen LogP contribution in [0.25, 0.3) is 0 Å². The lowest BCUT2D eigenvalue weighted by Gasteiger charge is -2.24. The van der Waals surface area contributed by atoms with Crippen molar-refractivity contribution in [3.63, 3.8) is 0 Å². The lowest BCUT2D eigenvalue weighted by molar-refractivity contribution is 0.250. The van der Waals surface area contributed by atoms with E-state index in [0.717, 1.165) is 5.56 Å². The molecule has 0 radical (unpaired) electrons. The van der Waals surface area contributed by atoms with Gasteiger partial charge >= 0.3 is 0 Å². The van der Waals surface area contributed by atoms with Gasteiger partial charge in [0.2, 0.25) is 10.0 Å². The van der Waals surface area contributed by atoms with Crippen LogP contribution in [0.5, 0.6) is 0 Å². The SMILES string of the molecule is CC(C)(C)CCS(=O)(=O)N(CCO)Cc1ccccc1. The van der Waals surface area contributed by atoms with Gasteiger partial charge in [0.15, 0.2) is 0 Å². The Morgan fingerprint density at radius 1 is 1.15 bits per heavy atom. The standard InChI is InChI=1S/C15H25NO3S/c1-15(2,3)9-12-20(18,19)16(10-11-17)13-14-7-5-4-6-8-14/h4-8,17H,9-13H2,1-3H3. The summed E-state index contributed by atoms with van der Waals surface area (Å²) >= 11 is 0. The Morgan fingerprint density at radius 2 is 1.75 bits per heavy atom. The molecule has 1 aromatic rings. The summed E-state index contributed by atoms with van der Waals surface area (Å²) in [6.07, 6.45) is 0.603. The van der Waals surface area contributed by atoms with Crippen LogP contribution in [0.3, 0.4) is 0 Å². The molecular weight excluding hydrogens is 274 g/mol. The van der Waals surface area contributed by atoms with Crippen molar-refractivity contribution >= 4 is 10.0 Å². The van der Waals surface area contributed by atoms with Crippen molar-refractivity contribution in [1.29, 1.82) is 0 Å². The van der Waals surface area contributed by atoms with Gasteiger partial charge in [0.05, 0.1) is 12.4 Å². The minimum Gasteiger partial charge on any atom is -0.395 e. The van der Waals surface area contributed by atoms with Crippen molar-refractivity contribution < 1.29 is 13.5 Å². The van der Waals surface area contributed by atoms with Crippen LogP contribution in [0.15, 0.2) is 30.3 Å². The van der Waals surface area contributed by atoms with E-state index in [1.54, 1.807) is 0 Å². The second-order valence-electron chi connectivity index (χ2n) is 6.17. The van der Waals surface area contributed by atoms with E-state index < -0.39 is 10.0 Å². The summed E-state index contributed by atoms with van der Waals surface area (Å²) in [6, 6.07) is 9.45. The Hall–Kier alpha value is -0.910. The monoisotopic (exact) mass is 299 g/mol. The average molecular weight is 299 g/mol. The summed E-state index contributed by atoms with van der Waals surface area (Å²) in [6.45, 7) is 6.36. The third-order valence-electron chi connectivity index (χ3n) is 3.05. The Labute approximate surface area is 122 Å². The van der Waals surface area contributed by atoms with Crippen molar-refractivity contribution in [1.82, 2.24) is 4.31 Å². The second kappa shape index (κ2) is 7.20. The summed E-state index contributed by atoms with van der Waals surface area (Å²) in [4.78, 5) is 0. The van der Waals surface area contributed by atoms with Gasteiger partial charge in [-0.05, 0) is 17.4 Å². The number of aliphatic hydroxyl groups is 1. The highest BCUT2D eigenvalue weighted by Gasteiger charge is 2.24. The highest BCUT2D eigenvalue weighted by Crippen LogP contribution is 2.21. The molecule has 114 valence electrons. The molecule has 0 heterocycles. The second-order valence-corrected chi connectivity index (χ2v) is 8.26. The molecule has 0 saturated heterocycles. The topological polar surface area (TPSA) is 57.6 Å². The van der Waals surface area contributed by atoms with Gasteiger partial charge in [0.25, 0.3) is 0 Å². The Morgan fingerprint density at radius 3 is 2.25 bits per heavy atom. The molecule has 1 rings (SSSR count). The molecule has 5 heteroatoms. The quantitative estimate of drug-likeness (QED) is 0.840. The molecule has 0 spiro atoms. The summed E-state index contributed by atoms with van der Waals surface area (Å²) in [7, 11) is -3.34. The van der Waals surface area contributed by atoms with Crippen molar-refractivity contribution in [2.75, 3.05) is 18.9 Å². The normalized spacial score (nSPS) is 12.8. The van der Waals surface area contributed by atoms with E-state index in [1.807, 2.05) is 51.1 Å². The first-order valence-corrected chi connectivity index (χ1v) is 8.48. The Balaban J connectivity index is 2.78. The van der Waals surface area contributed by atoms with Crippen LogP contribution in [-0.2, 0) is 16.6 Å². The molecule has 0 aliphatic rings. The largest absolute Gasteiger partial charge is 0.395 e. The van der Waals surface area contributed by atoms with Crippen LogP contribution < -0.4 is 0 Å². The third kappa shape index (κ3) is 6.03. The molecule has 0 bridgehead atoms. The highest BCUT2D eigenvalue weighted by molar-refractivity contribution is 7.89. The Kier molecular flexibility index (Phi) is 6.17. The van der Waals surface area contributed by atoms with Crippen LogP contribution in [-0.4, -0.2) is 36.7 Å². The van der Waals surface area contributed by atoms with E-state index in [9.17, 15) is 8.42 Å². The van der Waals surface area contributed by atoms with E-state index in [4.69, 9.17) is 5.11 Å². The van der Waals surface area contributed by atoms with Gasteiger partial charge in [-0.15, -0.1) is 0 Å². The van der Waals surface area contributed by atoms with Crippen molar-refractivity contribution in [2.45, 2.75) is 33.7 Å². The smallest absolute Gasteiger partial charge is 0.214 e. The Bertz CT molecular complexity index is 492. The van der Waals surface area contributed by atoms with Crippen LogP contribution in [0.2, 0.25) is 0 Å². The minimum absolute atomic E-state index is 0.0231. The molecule has 0 saturated carbocycles. The molecule has 1 N–H and O–H groups in total. The fourth-order valence-corrected chi connectivity index (χ4v) is 3.61. The average Bonchev–Trinajstić information content (AvgIpc) is 2.37. The maximum atomic E-state index is 12.4. The summed E-state index contributed by atoms with van der Waals surface area (Å²) in [5, 5.41) is 9.10. The van der Waals surface area contributed by atoms with Crippen molar-refractivity contribution in [2.24, 2.45) is 5.41 Å². The third-order valence-corrected chi connectivity index (χ3v) is 4.87. The molecule has 0 amide bonds. The number of hydrogen-bond acceptors (Lipinski definition) is 3. The maximum Gasteiger partial charge on any atom is 0.214 e. The van der Waals surface area contributed by atoms with Gasteiger partial charge in [-0.3, -0.25) is 0 Å². The van der Waals surface area contributed by atoms with Gasteiger partial charge in [0, 0.05) is 13.1 Å². The number of nitrogens with zero attached hydrogens (tertiary/aromatic N) is 1. The summed E-state index contributed by atoms with van der Waals surface area (Å²) < 4.78 is 26.1. The molecule has 1 aromatic carbocycles. The zero-order valence-electron chi connectivity index (χ0n) is 12.5. The molecule has 20 heavy (non-hydrogen) atoms. The lowest BCUT2D eigenvalue weighted by atomic mass is 9.94. The van der Waals surface area contributed by atoms with Gasteiger partial charge in [-0.1, -0.05) is 51.1 Å². The van der Waals surface area contributed by atoms with Gasteiger partial charge in [-0.2, -0.15) is 4.31 Å². The lowest BCUT2D eigenvalue weighted by Crippen LogP contribution is -2.35. The molecule has 0 atom stereocenters. The zero-order valence-corrected chi connectivity index (χ0v) is 13.4. The molecule has 0 aliphatic carbocycles. The summed E-state index contributed by atoms with van der Waals surface area (Å²) in [5.41, 5.74) is 0.908. The predicted molar refractivity (Wildman–Crippen MR) is 81.8 cm³/mol.